The molecule has 0 aliphatic heterocycles. The van der Waals surface area contributed by atoms with Gasteiger partial charge in [-0.05, 0) is 17.7 Å². The van der Waals surface area contributed by atoms with Crippen LogP contribution in [0.5, 0.6) is 0 Å². The molecule has 0 radical (unpaired) electrons. The molecule has 1 aromatic rings. The zero-order valence-corrected chi connectivity index (χ0v) is 12.1. The number of nitriles is 1. The number of sulfonamides is 1. The van der Waals surface area contributed by atoms with Crippen molar-refractivity contribution in [1.82, 2.24) is 4.72 Å². The fourth-order valence-electron chi connectivity index (χ4n) is 1.38. The van der Waals surface area contributed by atoms with Crippen LogP contribution >= 0.6 is 11.8 Å². The van der Waals surface area contributed by atoms with Gasteiger partial charge in [-0.1, -0.05) is 18.2 Å². The Morgan fingerprint density at radius 2 is 2.05 bits per heavy atom. The van der Waals surface area contributed by atoms with E-state index >= 15 is 0 Å². The molecule has 0 bridgehead atoms. The fraction of sp³-hybridized carbons (Fsp3) is 0.308. The van der Waals surface area contributed by atoms with Crippen LogP contribution in [0.25, 0.3) is 0 Å². The predicted molar refractivity (Wildman–Crippen MR) is 79.3 cm³/mol. The molecule has 0 heterocycles. The lowest BCUT2D eigenvalue weighted by atomic mass is 10.2. The minimum absolute atomic E-state index is 0.0646. The van der Waals surface area contributed by atoms with Crippen molar-refractivity contribution in [2.24, 2.45) is 0 Å². The highest BCUT2D eigenvalue weighted by atomic mass is 32.2. The number of benzene rings is 1. The van der Waals surface area contributed by atoms with Crippen LogP contribution in [-0.4, -0.2) is 26.5 Å². The first-order valence-electron chi connectivity index (χ1n) is 5.72. The predicted octanol–water partition coefficient (Wildman–Crippen LogP) is 1.90. The van der Waals surface area contributed by atoms with Crippen molar-refractivity contribution in [3.05, 3.63) is 48.0 Å². The van der Waals surface area contributed by atoms with Gasteiger partial charge in [0, 0.05) is 18.1 Å². The first-order valence-corrected chi connectivity index (χ1v) is 8.53. The Morgan fingerprint density at radius 3 is 2.63 bits per heavy atom. The molecule has 0 aliphatic rings. The van der Waals surface area contributed by atoms with E-state index in [1.807, 2.05) is 6.07 Å². The van der Waals surface area contributed by atoms with Gasteiger partial charge < -0.3 is 0 Å². The Hall–Kier alpha value is -1.29. The highest BCUT2D eigenvalue weighted by Crippen LogP contribution is 2.07. The molecule has 0 aromatic heterocycles. The lowest BCUT2D eigenvalue weighted by Crippen LogP contribution is -2.27. The van der Waals surface area contributed by atoms with E-state index in [4.69, 9.17) is 5.26 Å². The molecule has 1 N–H and O–H groups in total. The van der Waals surface area contributed by atoms with Crippen molar-refractivity contribution in [3.8, 4) is 6.07 Å². The van der Waals surface area contributed by atoms with E-state index in [-0.39, 0.29) is 5.75 Å². The number of nitrogens with zero attached hydrogens (tertiary/aromatic N) is 1. The second-order valence-corrected chi connectivity index (χ2v) is 6.78. The van der Waals surface area contributed by atoms with Gasteiger partial charge in [-0.15, -0.1) is 6.58 Å². The molecule has 0 aliphatic carbocycles. The summed E-state index contributed by atoms with van der Waals surface area (Å²) >= 11 is 1.62. The third kappa shape index (κ3) is 6.43. The quantitative estimate of drug-likeness (QED) is 0.587. The van der Waals surface area contributed by atoms with E-state index in [1.54, 1.807) is 42.1 Å². The number of hydrogen-bond donors (Lipinski definition) is 1. The van der Waals surface area contributed by atoms with Crippen molar-refractivity contribution < 1.29 is 8.42 Å². The first-order chi connectivity index (χ1) is 9.07. The molecular formula is C13H16N2O2S2. The maximum Gasteiger partial charge on any atom is 0.215 e. The van der Waals surface area contributed by atoms with Gasteiger partial charge in [0.05, 0.1) is 17.4 Å². The Morgan fingerprint density at radius 1 is 1.37 bits per heavy atom. The van der Waals surface area contributed by atoms with Crippen LogP contribution in [0.2, 0.25) is 0 Å². The number of nitrogens with one attached hydrogen (secondary N) is 1. The molecule has 0 unspecified atom stereocenters. The van der Waals surface area contributed by atoms with Crippen LogP contribution in [0.4, 0.5) is 0 Å². The van der Waals surface area contributed by atoms with Crippen LogP contribution in [-0.2, 0) is 15.8 Å². The fourth-order valence-corrected chi connectivity index (χ4v) is 3.24. The van der Waals surface area contributed by atoms with E-state index in [9.17, 15) is 8.42 Å². The average molecular weight is 296 g/mol. The molecule has 1 rings (SSSR count). The minimum Gasteiger partial charge on any atom is -0.214 e. The standard InChI is InChI=1S/C13H16N2O2S2/c1-2-8-18-9-7-15-19(16,17)11-13-5-3-12(10-14)4-6-13/h2-6,15H,1,7-9,11H2. The second kappa shape index (κ2) is 8.00. The molecule has 0 fully saturated rings. The van der Waals surface area contributed by atoms with Crippen LogP contribution in [0.1, 0.15) is 11.1 Å². The molecule has 1 aromatic carbocycles. The summed E-state index contributed by atoms with van der Waals surface area (Å²) in [4.78, 5) is 0. The SMILES string of the molecule is C=CCSCCNS(=O)(=O)Cc1ccc(C#N)cc1. The summed E-state index contributed by atoms with van der Waals surface area (Å²) in [5, 5.41) is 8.66. The van der Waals surface area contributed by atoms with E-state index in [2.05, 4.69) is 11.3 Å². The topological polar surface area (TPSA) is 70.0 Å². The summed E-state index contributed by atoms with van der Waals surface area (Å²) in [5.41, 5.74) is 1.19. The second-order valence-electron chi connectivity index (χ2n) is 3.83. The van der Waals surface area contributed by atoms with Crippen molar-refractivity contribution in [2.45, 2.75) is 5.75 Å². The van der Waals surface area contributed by atoms with Crippen molar-refractivity contribution in [3.63, 3.8) is 0 Å². The lowest BCUT2D eigenvalue weighted by molar-refractivity contribution is 0.583. The van der Waals surface area contributed by atoms with E-state index < -0.39 is 10.0 Å². The monoisotopic (exact) mass is 296 g/mol. The molecule has 4 nitrogen and oxygen atoms in total. The summed E-state index contributed by atoms with van der Waals surface area (Å²) in [7, 11) is -3.31. The third-order valence-electron chi connectivity index (χ3n) is 2.24. The Balaban J connectivity index is 2.45. The van der Waals surface area contributed by atoms with Gasteiger partial charge in [0.2, 0.25) is 10.0 Å². The summed E-state index contributed by atoms with van der Waals surface area (Å²) in [6.45, 7) is 4.01. The highest BCUT2D eigenvalue weighted by Gasteiger charge is 2.10. The first kappa shape index (κ1) is 15.8. The van der Waals surface area contributed by atoms with Gasteiger partial charge in [0.25, 0.3) is 0 Å². The third-order valence-corrected chi connectivity index (χ3v) is 4.57. The molecule has 0 saturated heterocycles. The molecule has 0 atom stereocenters. The van der Waals surface area contributed by atoms with Gasteiger partial charge in [0.15, 0.2) is 0 Å². The van der Waals surface area contributed by atoms with E-state index in [0.29, 0.717) is 17.7 Å². The molecule has 0 amide bonds. The summed E-state index contributed by atoms with van der Waals surface area (Å²) in [6, 6.07) is 8.54. The smallest absolute Gasteiger partial charge is 0.214 e. The van der Waals surface area contributed by atoms with Crippen LogP contribution in [0, 0.1) is 11.3 Å². The van der Waals surface area contributed by atoms with Gasteiger partial charge in [-0.2, -0.15) is 17.0 Å². The lowest BCUT2D eigenvalue weighted by Gasteiger charge is -2.06. The Labute approximate surface area is 118 Å². The zero-order valence-electron chi connectivity index (χ0n) is 10.5. The maximum atomic E-state index is 11.8. The molecular weight excluding hydrogens is 280 g/mol. The molecule has 0 saturated carbocycles. The van der Waals surface area contributed by atoms with E-state index in [0.717, 1.165) is 11.5 Å². The van der Waals surface area contributed by atoms with Crippen LogP contribution in [0.15, 0.2) is 36.9 Å². The van der Waals surface area contributed by atoms with Crippen molar-refractivity contribution in [2.75, 3.05) is 18.1 Å². The molecule has 102 valence electrons. The number of thioether (sulfide) groups is 1. The summed E-state index contributed by atoms with van der Waals surface area (Å²) < 4.78 is 26.1. The molecule has 6 heteroatoms. The number of hydrogen-bond acceptors (Lipinski definition) is 4. The summed E-state index contributed by atoms with van der Waals surface area (Å²) in [6.07, 6.45) is 1.79. The molecule has 0 spiro atoms. The Bertz CT molecular complexity index is 545. The normalized spacial score (nSPS) is 10.9. The Kier molecular flexibility index (Phi) is 6.64. The zero-order chi connectivity index (χ0) is 14.1. The minimum atomic E-state index is -3.31. The van der Waals surface area contributed by atoms with Gasteiger partial charge in [0.1, 0.15) is 0 Å². The highest BCUT2D eigenvalue weighted by molar-refractivity contribution is 7.99. The van der Waals surface area contributed by atoms with E-state index in [1.165, 1.54) is 0 Å². The maximum absolute atomic E-state index is 11.8. The number of rotatable bonds is 8. The molecule has 19 heavy (non-hydrogen) atoms. The van der Waals surface area contributed by atoms with Crippen molar-refractivity contribution in [1.29, 1.82) is 5.26 Å². The van der Waals surface area contributed by atoms with Gasteiger partial charge in [-0.25, -0.2) is 13.1 Å². The average Bonchev–Trinajstić information content (AvgIpc) is 2.39. The van der Waals surface area contributed by atoms with Crippen molar-refractivity contribution >= 4 is 21.8 Å². The van der Waals surface area contributed by atoms with Crippen LogP contribution < -0.4 is 4.72 Å². The summed E-state index contributed by atoms with van der Waals surface area (Å²) in [5.74, 6) is 1.47. The van der Waals surface area contributed by atoms with Crippen LogP contribution in [0.3, 0.4) is 0 Å². The van der Waals surface area contributed by atoms with Gasteiger partial charge >= 0.3 is 0 Å². The van der Waals surface area contributed by atoms with Gasteiger partial charge in [-0.3, -0.25) is 0 Å². The largest absolute Gasteiger partial charge is 0.215 e.